The van der Waals surface area contributed by atoms with Gasteiger partial charge < -0.3 is 0 Å². The Morgan fingerprint density at radius 2 is 1.41 bits per heavy atom. The highest BCUT2D eigenvalue weighted by Crippen LogP contribution is 2.35. The second kappa shape index (κ2) is 15.8. The van der Waals surface area contributed by atoms with Gasteiger partial charge in [-0.1, -0.05) is 126 Å². The summed E-state index contributed by atoms with van der Waals surface area (Å²) in [6, 6.07) is 15.8. The first-order chi connectivity index (χ1) is 20.0. The fourth-order valence-electron chi connectivity index (χ4n) is 5.93. The van der Waals surface area contributed by atoms with Crippen LogP contribution in [0.1, 0.15) is 102 Å². The first-order valence-corrected chi connectivity index (χ1v) is 15.7. The minimum atomic E-state index is -0.833. The second-order valence-corrected chi connectivity index (χ2v) is 11.5. The molecule has 0 N–H and O–H groups in total. The maximum atomic E-state index is 15.3. The van der Waals surface area contributed by atoms with Crippen molar-refractivity contribution in [1.82, 2.24) is 0 Å². The number of rotatable bonds is 14. The monoisotopic (exact) mass is 558 g/mol. The lowest BCUT2D eigenvalue weighted by Gasteiger charge is -2.22. The predicted octanol–water partition coefficient (Wildman–Crippen LogP) is 12.3. The lowest BCUT2D eigenvalue weighted by Crippen LogP contribution is -2.05. The van der Waals surface area contributed by atoms with Crippen molar-refractivity contribution in [2.75, 3.05) is 0 Å². The van der Waals surface area contributed by atoms with Gasteiger partial charge in [-0.2, -0.15) is 0 Å². The van der Waals surface area contributed by atoms with E-state index in [0.29, 0.717) is 29.5 Å². The summed E-state index contributed by atoms with van der Waals surface area (Å²) in [6.45, 7) is 4.30. The largest absolute Gasteiger partial charge is 0.206 e. The molecule has 218 valence electrons. The zero-order valence-corrected chi connectivity index (χ0v) is 24.8. The Bertz CT molecular complexity index is 1320. The standard InChI is InChI=1S/C38H45F3/c1-3-5-7-9-10-11-13-28-15-17-29(18-16-28)33-24-25-34(36(39)27-33)30-19-21-31(22-20-30)35-26-23-32(37(40)38(35)41)14-12-8-6-4-2/h6,8,17,19-28H,3-5,7,9-16,18H2,1-2H3. The van der Waals surface area contributed by atoms with Gasteiger partial charge in [0.25, 0.3) is 0 Å². The number of hydrogen-bond donors (Lipinski definition) is 0. The van der Waals surface area contributed by atoms with E-state index < -0.39 is 11.6 Å². The van der Waals surface area contributed by atoms with Crippen LogP contribution in [0.4, 0.5) is 13.2 Å². The van der Waals surface area contributed by atoms with Gasteiger partial charge in [-0.05, 0) is 78.3 Å². The highest BCUT2D eigenvalue weighted by molar-refractivity contribution is 5.74. The normalized spacial score (nSPS) is 15.4. The zero-order chi connectivity index (χ0) is 29.0. The first kappa shape index (κ1) is 30.9. The van der Waals surface area contributed by atoms with Gasteiger partial charge >= 0.3 is 0 Å². The molecule has 0 aliphatic heterocycles. The Morgan fingerprint density at radius 3 is 2.10 bits per heavy atom. The molecule has 0 nitrogen and oxygen atoms in total. The minimum Gasteiger partial charge on any atom is -0.206 e. The molecule has 1 unspecified atom stereocenters. The Kier molecular flexibility index (Phi) is 11.9. The lowest BCUT2D eigenvalue weighted by atomic mass is 9.83. The van der Waals surface area contributed by atoms with Crippen molar-refractivity contribution in [2.24, 2.45) is 5.92 Å². The second-order valence-electron chi connectivity index (χ2n) is 11.5. The maximum absolute atomic E-state index is 15.3. The molecule has 0 aromatic heterocycles. The molecule has 0 spiro atoms. The summed E-state index contributed by atoms with van der Waals surface area (Å²) >= 11 is 0. The van der Waals surface area contributed by atoms with Crippen molar-refractivity contribution in [3.8, 4) is 22.3 Å². The van der Waals surface area contributed by atoms with Crippen LogP contribution >= 0.6 is 0 Å². The lowest BCUT2D eigenvalue weighted by molar-refractivity contribution is 0.423. The van der Waals surface area contributed by atoms with E-state index in [1.54, 1.807) is 42.5 Å². The highest BCUT2D eigenvalue weighted by Gasteiger charge is 2.18. The molecule has 0 amide bonds. The number of aryl methyl sites for hydroxylation is 1. The number of halogens is 3. The molecule has 3 aromatic carbocycles. The topological polar surface area (TPSA) is 0 Å². The minimum absolute atomic E-state index is 0.219. The van der Waals surface area contributed by atoms with Gasteiger partial charge in [-0.15, -0.1) is 0 Å². The van der Waals surface area contributed by atoms with Crippen LogP contribution in [0.5, 0.6) is 0 Å². The summed E-state index contributed by atoms with van der Waals surface area (Å²) in [7, 11) is 0. The van der Waals surface area contributed by atoms with Crippen LogP contribution in [0.3, 0.4) is 0 Å². The molecule has 0 saturated heterocycles. The molecule has 0 heterocycles. The van der Waals surface area contributed by atoms with Crippen molar-refractivity contribution < 1.29 is 13.2 Å². The third-order valence-electron chi connectivity index (χ3n) is 8.48. The van der Waals surface area contributed by atoms with Crippen molar-refractivity contribution >= 4 is 5.57 Å². The molecular formula is C38H45F3. The molecule has 0 radical (unpaired) electrons. The molecule has 1 aliphatic carbocycles. The predicted molar refractivity (Wildman–Crippen MR) is 168 cm³/mol. The van der Waals surface area contributed by atoms with Crippen LogP contribution in [-0.2, 0) is 6.42 Å². The Hall–Kier alpha value is -3.07. The summed E-state index contributed by atoms with van der Waals surface area (Å²) in [4.78, 5) is 0. The Morgan fingerprint density at radius 1 is 0.732 bits per heavy atom. The van der Waals surface area contributed by atoms with Gasteiger partial charge in [0.1, 0.15) is 5.82 Å². The van der Waals surface area contributed by atoms with Crippen LogP contribution in [-0.4, -0.2) is 0 Å². The van der Waals surface area contributed by atoms with Crippen LogP contribution < -0.4 is 0 Å². The molecular weight excluding hydrogens is 513 g/mol. The number of hydrogen-bond acceptors (Lipinski definition) is 0. The van der Waals surface area contributed by atoms with Crippen molar-refractivity contribution in [3.05, 3.63) is 101 Å². The smallest absolute Gasteiger partial charge is 0.166 e. The zero-order valence-electron chi connectivity index (χ0n) is 24.8. The highest BCUT2D eigenvalue weighted by atomic mass is 19.2. The molecule has 4 rings (SSSR count). The molecule has 41 heavy (non-hydrogen) atoms. The summed E-state index contributed by atoms with van der Waals surface area (Å²) in [6.07, 6.45) is 21.0. The molecule has 3 heteroatoms. The van der Waals surface area contributed by atoms with Gasteiger partial charge in [-0.25, -0.2) is 13.2 Å². The maximum Gasteiger partial charge on any atom is 0.166 e. The van der Waals surface area contributed by atoms with Crippen LogP contribution in [0.2, 0.25) is 0 Å². The molecule has 0 saturated carbocycles. The third kappa shape index (κ3) is 8.47. The van der Waals surface area contributed by atoms with Gasteiger partial charge in [-0.3, -0.25) is 0 Å². The molecule has 3 aromatic rings. The van der Waals surface area contributed by atoms with Crippen LogP contribution in [0.15, 0.2) is 72.8 Å². The van der Waals surface area contributed by atoms with E-state index in [-0.39, 0.29) is 11.4 Å². The van der Waals surface area contributed by atoms with E-state index in [2.05, 4.69) is 13.0 Å². The van der Waals surface area contributed by atoms with E-state index in [1.165, 1.54) is 56.9 Å². The fourth-order valence-corrected chi connectivity index (χ4v) is 5.93. The SMILES string of the molecule is CCC=CCCc1ccc(-c2ccc(-c3ccc(C4=CCC(CCCCCCCC)CC4)cc3F)cc2)c(F)c1F. The molecule has 0 bridgehead atoms. The van der Waals surface area contributed by atoms with Gasteiger partial charge in [0.15, 0.2) is 11.6 Å². The van der Waals surface area contributed by atoms with Crippen molar-refractivity contribution in [1.29, 1.82) is 0 Å². The van der Waals surface area contributed by atoms with Gasteiger partial charge in [0.2, 0.25) is 0 Å². The fraction of sp³-hybridized carbons (Fsp3) is 0.421. The number of allylic oxidation sites excluding steroid dienone is 4. The molecule has 1 aliphatic rings. The van der Waals surface area contributed by atoms with E-state index in [0.717, 1.165) is 36.3 Å². The Labute approximate surface area is 245 Å². The van der Waals surface area contributed by atoms with Crippen LogP contribution in [0.25, 0.3) is 27.8 Å². The summed E-state index contributed by atoms with van der Waals surface area (Å²) in [5, 5.41) is 0. The van der Waals surface area contributed by atoms with E-state index in [9.17, 15) is 8.78 Å². The molecule has 0 fully saturated rings. The van der Waals surface area contributed by atoms with E-state index in [4.69, 9.17) is 0 Å². The third-order valence-corrected chi connectivity index (χ3v) is 8.48. The number of benzene rings is 3. The molecule has 1 atom stereocenters. The number of unbranched alkanes of at least 4 members (excludes halogenated alkanes) is 5. The van der Waals surface area contributed by atoms with Gasteiger partial charge in [0, 0.05) is 11.1 Å². The average molecular weight is 559 g/mol. The Balaban J connectivity index is 1.37. The van der Waals surface area contributed by atoms with E-state index >= 15 is 4.39 Å². The quantitative estimate of drug-likeness (QED) is 0.136. The van der Waals surface area contributed by atoms with E-state index in [1.807, 2.05) is 31.2 Å². The average Bonchev–Trinajstić information content (AvgIpc) is 3.00. The van der Waals surface area contributed by atoms with Crippen LogP contribution in [0, 0.1) is 23.4 Å². The van der Waals surface area contributed by atoms with Crippen molar-refractivity contribution in [3.63, 3.8) is 0 Å². The van der Waals surface area contributed by atoms with Gasteiger partial charge in [0.05, 0.1) is 0 Å². The summed E-state index contributed by atoms with van der Waals surface area (Å²) in [5.41, 5.74) is 4.61. The summed E-state index contributed by atoms with van der Waals surface area (Å²) in [5.74, 6) is -1.13. The first-order valence-electron chi connectivity index (χ1n) is 15.7. The summed E-state index contributed by atoms with van der Waals surface area (Å²) < 4.78 is 44.9. The van der Waals surface area contributed by atoms with Crippen molar-refractivity contribution in [2.45, 2.75) is 97.3 Å².